The molecule has 78 valence electrons. The van der Waals surface area contributed by atoms with Crippen LogP contribution in [0.4, 0.5) is 5.69 Å². The van der Waals surface area contributed by atoms with E-state index in [0.29, 0.717) is 0 Å². The Labute approximate surface area is 87.5 Å². The molecule has 1 rings (SSSR count). The quantitative estimate of drug-likeness (QED) is 0.759. The smallest absolute Gasteiger partial charge is 0.0344 e. The third-order valence-electron chi connectivity index (χ3n) is 3.06. The Morgan fingerprint density at radius 2 is 1.57 bits per heavy atom. The molecule has 0 aliphatic carbocycles. The lowest BCUT2D eigenvalue weighted by Gasteiger charge is -2.29. The molecule has 1 nitrogen and oxygen atoms in total. The highest BCUT2D eigenvalue weighted by molar-refractivity contribution is 5.46. The minimum Gasteiger partial charge on any atom is -0.380 e. The molecule has 1 N–H and O–H groups in total. The van der Waals surface area contributed by atoms with Crippen LogP contribution in [0.1, 0.15) is 39.2 Å². The highest BCUT2D eigenvalue weighted by atomic mass is 15.0. The predicted molar refractivity (Wildman–Crippen MR) is 63.8 cm³/mol. The first-order valence-corrected chi connectivity index (χ1v) is 5.44. The van der Waals surface area contributed by atoms with Gasteiger partial charge in [-0.1, -0.05) is 31.5 Å². The molecule has 1 aromatic carbocycles. The van der Waals surface area contributed by atoms with Crippen molar-refractivity contribution in [2.45, 2.75) is 46.1 Å². The molecule has 0 fully saturated rings. The molecule has 0 radical (unpaired) electrons. The number of hydrogen-bond donors (Lipinski definition) is 1. The van der Waals surface area contributed by atoms with Crippen LogP contribution < -0.4 is 5.32 Å². The highest BCUT2D eigenvalue weighted by Gasteiger charge is 2.18. The monoisotopic (exact) mass is 191 g/mol. The summed E-state index contributed by atoms with van der Waals surface area (Å²) in [6.07, 6.45) is 2.30. The third kappa shape index (κ3) is 2.76. The van der Waals surface area contributed by atoms with Crippen LogP contribution in [0.15, 0.2) is 24.3 Å². The molecule has 14 heavy (non-hydrogen) atoms. The fourth-order valence-electron chi connectivity index (χ4n) is 1.41. The standard InChI is InChI=1S/C13H21N/c1-5-13(4,6-2)14-12-9-7-11(3)8-10-12/h7-10,14H,5-6H2,1-4H3. The zero-order valence-corrected chi connectivity index (χ0v) is 9.72. The summed E-state index contributed by atoms with van der Waals surface area (Å²) in [5.74, 6) is 0. The Morgan fingerprint density at radius 3 is 2.00 bits per heavy atom. The molecule has 0 aliphatic heterocycles. The van der Waals surface area contributed by atoms with Crippen molar-refractivity contribution < 1.29 is 0 Å². The van der Waals surface area contributed by atoms with E-state index < -0.39 is 0 Å². The van der Waals surface area contributed by atoms with Gasteiger partial charge in [0.25, 0.3) is 0 Å². The van der Waals surface area contributed by atoms with Crippen molar-refractivity contribution in [3.63, 3.8) is 0 Å². The average molecular weight is 191 g/mol. The maximum absolute atomic E-state index is 3.58. The van der Waals surface area contributed by atoms with Crippen molar-refractivity contribution in [3.8, 4) is 0 Å². The van der Waals surface area contributed by atoms with Crippen molar-refractivity contribution >= 4 is 5.69 Å². The van der Waals surface area contributed by atoms with Crippen molar-refractivity contribution in [3.05, 3.63) is 29.8 Å². The van der Waals surface area contributed by atoms with Crippen LogP contribution in [0, 0.1) is 6.92 Å². The van der Waals surface area contributed by atoms with E-state index in [0.717, 1.165) is 12.8 Å². The van der Waals surface area contributed by atoms with Gasteiger partial charge in [0.1, 0.15) is 0 Å². The number of benzene rings is 1. The van der Waals surface area contributed by atoms with Gasteiger partial charge in [0.2, 0.25) is 0 Å². The minimum atomic E-state index is 0.231. The van der Waals surface area contributed by atoms with Gasteiger partial charge in [0.15, 0.2) is 0 Å². The van der Waals surface area contributed by atoms with E-state index in [9.17, 15) is 0 Å². The van der Waals surface area contributed by atoms with E-state index in [2.05, 4.69) is 57.3 Å². The molecule has 0 amide bonds. The molecule has 0 saturated carbocycles. The van der Waals surface area contributed by atoms with Crippen LogP contribution >= 0.6 is 0 Å². The van der Waals surface area contributed by atoms with Crippen molar-refractivity contribution in [2.75, 3.05) is 5.32 Å². The second-order valence-electron chi connectivity index (χ2n) is 4.26. The molecule has 0 saturated heterocycles. The van der Waals surface area contributed by atoms with Crippen LogP contribution in [-0.2, 0) is 0 Å². The Balaban J connectivity index is 2.72. The van der Waals surface area contributed by atoms with E-state index in [1.807, 2.05) is 0 Å². The van der Waals surface area contributed by atoms with E-state index >= 15 is 0 Å². The van der Waals surface area contributed by atoms with Gasteiger partial charge in [0, 0.05) is 11.2 Å². The summed E-state index contributed by atoms with van der Waals surface area (Å²) in [7, 11) is 0. The SMILES string of the molecule is CCC(C)(CC)Nc1ccc(C)cc1. The second kappa shape index (κ2) is 4.50. The molecule has 1 aromatic rings. The first-order chi connectivity index (χ1) is 6.59. The van der Waals surface area contributed by atoms with Gasteiger partial charge in [-0.3, -0.25) is 0 Å². The Kier molecular flexibility index (Phi) is 3.56. The molecule has 0 aromatic heterocycles. The number of anilines is 1. The summed E-state index contributed by atoms with van der Waals surface area (Å²) in [6.45, 7) is 8.84. The van der Waals surface area contributed by atoms with Gasteiger partial charge in [-0.25, -0.2) is 0 Å². The van der Waals surface area contributed by atoms with E-state index in [1.54, 1.807) is 0 Å². The summed E-state index contributed by atoms with van der Waals surface area (Å²) in [6, 6.07) is 8.60. The van der Waals surface area contributed by atoms with Gasteiger partial charge in [-0.2, -0.15) is 0 Å². The van der Waals surface area contributed by atoms with Crippen molar-refractivity contribution in [1.82, 2.24) is 0 Å². The summed E-state index contributed by atoms with van der Waals surface area (Å²) in [5.41, 5.74) is 2.77. The highest BCUT2D eigenvalue weighted by Crippen LogP contribution is 2.21. The number of aryl methyl sites for hydroxylation is 1. The largest absolute Gasteiger partial charge is 0.380 e. The first kappa shape index (κ1) is 11.1. The molecule has 1 heteroatoms. The van der Waals surface area contributed by atoms with Gasteiger partial charge in [-0.15, -0.1) is 0 Å². The Bertz CT molecular complexity index is 270. The molecule has 0 aliphatic rings. The van der Waals surface area contributed by atoms with Crippen LogP contribution in [0.25, 0.3) is 0 Å². The van der Waals surface area contributed by atoms with E-state index in [1.165, 1.54) is 11.3 Å². The number of hydrogen-bond acceptors (Lipinski definition) is 1. The molecule has 0 heterocycles. The molecular weight excluding hydrogens is 170 g/mol. The molecule has 0 spiro atoms. The lowest BCUT2D eigenvalue weighted by molar-refractivity contribution is 0.478. The summed E-state index contributed by atoms with van der Waals surface area (Å²) in [4.78, 5) is 0. The van der Waals surface area contributed by atoms with E-state index in [4.69, 9.17) is 0 Å². The summed E-state index contributed by atoms with van der Waals surface area (Å²) in [5, 5.41) is 3.58. The Morgan fingerprint density at radius 1 is 1.07 bits per heavy atom. The van der Waals surface area contributed by atoms with E-state index in [-0.39, 0.29) is 5.54 Å². The fourth-order valence-corrected chi connectivity index (χ4v) is 1.41. The summed E-state index contributed by atoms with van der Waals surface area (Å²) >= 11 is 0. The maximum atomic E-state index is 3.58. The minimum absolute atomic E-state index is 0.231. The topological polar surface area (TPSA) is 12.0 Å². The molecule has 0 bridgehead atoms. The lowest BCUT2D eigenvalue weighted by atomic mass is 9.95. The summed E-state index contributed by atoms with van der Waals surface area (Å²) < 4.78 is 0. The molecular formula is C13H21N. The zero-order chi connectivity index (χ0) is 10.6. The van der Waals surface area contributed by atoms with Crippen LogP contribution in [0.2, 0.25) is 0 Å². The third-order valence-corrected chi connectivity index (χ3v) is 3.06. The number of nitrogens with one attached hydrogen (secondary N) is 1. The van der Waals surface area contributed by atoms with Crippen LogP contribution in [-0.4, -0.2) is 5.54 Å². The normalized spacial score (nSPS) is 11.4. The van der Waals surface area contributed by atoms with Gasteiger partial charge in [0.05, 0.1) is 0 Å². The number of rotatable bonds is 4. The fraction of sp³-hybridized carbons (Fsp3) is 0.538. The Hall–Kier alpha value is -0.980. The second-order valence-corrected chi connectivity index (χ2v) is 4.26. The maximum Gasteiger partial charge on any atom is 0.0344 e. The predicted octanol–water partition coefficient (Wildman–Crippen LogP) is 3.99. The van der Waals surface area contributed by atoms with Crippen LogP contribution in [0.3, 0.4) is 0 Å². The molecule has 0 atom stereocenters. The lowest BCUT2D eigenvalue weighted by Crippen LogP contribution is -2.32. The van der Waals surface area contributed by atoms with Crippen LogP contribution in [0.5, 0.6) is 0 Å². The molecule has 0 unspecified atom stereocenters. The van der Waals surface area contributed by atoms with Gasteiger partial charge >= 0.3 is 0 Å². The average Bonchev–Trinajstić information content (AvgIpc) is 2.21. The van der Waals surface area contributed by atoms with Gasteiger partial charge in [-0.05, 0) is 38.8 Å². The van der Waals surface area contributed by atoms with Crippen molar-refractivity contribution in [2.24, 2.45) is 0 Å². The first-order valence-electron chi connectivity index (χ1n) is 5.44. The zero-order valence-electron chi connectivity index (χ0n) is 9.72. The van der Waals surface area contributed by atoms with Gasteiger partial charge < -0.3 is 5.32 Å². The van der Waals surface area contributed by atoms with Crippen molar-refractivity contribution in [1.29, 1.82) is 0 Å².